The zero-order valence-corrected chi connectivity index (χ0v) is 9.87. The SMILES string of the molecule is C=C/C(CC(=O)N(C)C)=C(C)\C=C(/C)O. The minimum absolute atomic E-state index is 0.0215. The Hall–Kier alpha value is -1.51. The number of rotatable bonds is 4. The molecule has 0 fully saturated rings. The first-order valence-corrected chi connectivity index (χ1v) is 4.78. The molecule has 3 nitrogen and oxygen atoms in total. The van der Waals surface area contributed by atoms with Gasteiger partial charge in [0.05, 0.1) is 12.2 Å². The van der Waals surface area contributed by atoms with Crippen LogP contribution in [0, 0.1) is 0 Å². The van der Waals surface area contributed by atoms with E-state index in [2.05, 4.69) is 6.58 Å². The Balaban J connectivity index is 4.84. The average molecular weight is 209 g/mol. The van der Waals surface area contributed by atoms with Crippen LogP contribution in [0.1, 0.15) is 20.3 Å². The van der Waals surface area contributed by atoms with Crippen LogP contribution in [0.2, 0.25) is 0 Å². The molecule has 0 aromatic heterocycles. The fourth-order valence-corrected chi connectivity index (χ4v) is 1.10. The van der Waals surface area contributed by atoms with Gasteiger partial charge in [-0.2, -0.15) is 0 Å². The van der Waals surface area contributed by atoms with Gasteiger partial charge in [0.1, 0.15) is 0 Å². The highest BCUT2D eigenvalue weighted by atomic mass is 16.3. The first-order valence-electron chi connectivity index (χ1n) is 4.78. The molecule has 0 aliphatic rings. The van der Waals surface area contributed by atoms with Gasteiger partial charge in [0, 0.05) is 14.1 Å². The lowest BCUT2D eigenvalue weighted by molar-refractivity contribution is -0.127. The first kappa shape index (κ1) is 13.5. The van der Waals surface area contributed by atoms with E-state index >= 15 is 0 Å². The summed E-state index contributed by atoms with van der Waals surface area (Å²) in [4.78, 5) is 13.0. The Kier molecular flexibility index (Phi) is 5.45. The number of carbonyl (C=O) groups excluding carboxylic acids is 1. The third-order valence-corrected chi connectivity index (χ3v) is 2.02. The quantitative estimate of drug-likeness (QED) is 0.570. The van der Waals surface area contributed by atoms with Crippen LogP contribution < -0.4 is 0 Å². The monoisotopic (exact) mass is 209 g/mol. The third-order valence-electron chi connectivity index (χ3n) is 2.02. The van der Waals surface area contributed by atoms with E-state index < -0.39 is 0 Å². The van der Waals surface area contributed by atoms with Crippen LogP contribution in [-0.2, 0) is 4.79 Å². The van der Waals surface area contributed by atoms with Crippen LogP contribution in [0.25, 0.3) is 0 Å². The van der Waals surface area contributed by atoms with Gasteiger partial charge < -0.3 is 10.0 Å². The smallest absolute Gasteiger partial charge is 0.226 e. The fraction of sp³-hybridized carbons (Fsp3) is 0.417. The van der Waals surface area contributed by atoms with E-state index in [1.54, 1.807) is 33.2 Å². The molecule has 0 heterocycles. The topological polar surface area (TPSA) is 40.5 Å². The van der Waals surface area contributed by atoms with Crippen LogP contribution in [0.5, 0.6) is 0 Å². The number of aliphatic hydroxyl groups excluding tert-OH is 1. The van der Waals surface area contributed by atoms with Crippen molar-refractivity contribution in [2.24, 2.45) is 0 Å². The van der Waals surface area contributed by atoms with Gasteiger partial charge in [-0.1, -0.05) is 12.7 Å². The number of hydrogen-bond acceptors (Lipinski definition) is 2. The molecule has 0 rings (SSSR count). The van der Waals surface area contributed by atoms with E-state index in [0.29, 0.717) is 6.42 Å². The molecule has 0 aromatic carbocycles. The molecule has 3 heteroatoms. The summed E-state index contributed by atoms with van der Waals surface area (Å²) in [7, 11) is 3.43. The summed E-state index contributed by atoms with van der Waals surface area (Å²) < 4.78 is 0. The number of aliphatic hydroxyl groups is 1. The molecule has 0 aliphatic heterocycles. The second-order valence-electron chi connectivity index (χ2n) is 3.66. The maximum absolute atomic E-state index is 11.5. The fourth-order valence-electron chi connectivity index (χ4n) is 1.10. The molecule has 0 aromatic rings. The summed E-state index contributed by atoms with van der Waals surface area (Å²) in [5.74, 6) is 0.248. The normalized spacial score (nSPS) is 13.2. The molecule has 0 radical (unpaired) electrons. The van der Waals surface area contributed by atoms with Crippen LogP contribution >= 0.6 is 0 Å². The maximum Gasteiger partial charge on any atom is 0.226 e. The molecule has 0 unspecified atom stereocenters. The Morgan fingerprint density at radius 3 is 2.27 bits per heavy atom. The van der Waals surface area contributed by atoms with Crippen molar-refractivity contribution in [3.05, 3.63) is 35.6 Å². The van der Waals surface area contributed by atoms with E-state index in [-0.39, 0.29) is 11.7 Å². The molecule has 1 amide bonds. The number of allylic oxidation sites excluding steroid dienone is 4. The predicted octanol–water partition coefficient (Wildman–Crippen LogP) is 2.43. The van der Waals surface area contributed by atoms with Crippen molar-refractivity contribution in [3.63, 3.8) is 0 Å². The molecule has 0 saturated heterocycles. The van der Waals surface area contributed by atoms with E-state index in [4.69, 9.17) is 5.11 Å². The second kappa shape index (κ2) is 6.06. The maximum atomic E-state index is 11.5. The molecule has 84 valence electrons. The highest BCUT2D eigenvalue weighted by Crippen LogP contribution is 2.13. The molecule has 0 bridgehead atoms. The van der Waals surface area contributed by atoms with Crippen molar-refractivity contribution < 1.29 is 9.90 Å². The summed E-state index contributed by atoms with van der Waals surface area (Å²) in [5.41, 5.74) is 1.70. The Labute approximate surface area is 91.4 Å². The van der Waals surface area contributed by atoms with Gasteiger partial charge in [-0.25, -0.2) is 0 Å². The van der Waals surface area contributed by atoms with E-state index in [1.807, 2.05) is 6.92 Å². The Morgan fingerprint density at radius 1 is 1.40 bits per heavy atom. The lowest BCUT2D eigenvalue weighted by atomic mass is 10.1. The minimum atomic E-state index is 0.0215. The van der Waals surface area contributed by atoms with Gasteiger partial charge in [-0.15, -0.1) is 0 Å². The molecule has 0 aliphatic carbocycles. The largest absolute Gasteiger partial charge is 0.513 e. The van der Waals surface area contributed by atoms with E-state index in [0.717, 1.165) is 11.1 Å². The average Bonchev–Trinajstić information content (AvgIpc) is 2.11. The van der Waals surface area contributed by atoms with Gasteiger partial charge in [-0.05, 0) is 31.1 Å². The minimum Gasteiger partial charge on any atom is -0.513 e. The van der Waals surface area contributed by atoms with E-state index in [1.165, 1.54) is 4.90 Å². The van der Waals surface area contributed by atoms with Crippen molar-refractivity contribution in [1.82, 2.24) is 4.90 Å². The highest BCUT2D eigenvalue weighted by molar-refractivity contribution is 5.79. The highest BCUT2D eigenvalue weighted by Gasteiger charge is 2.07. The zero-order valence-electron chi connectivity index (χ0n) is 9.87. The molecular weight excluding hydrogens is 190 g/mol. The van der Waals surface area contributed by atoms with Gasteiger partial charge in [0.25, 0.3) is 0 Å². The molecule has 15 heavy (non-hydrogen) atoms. The Bertz CT molecular complexity index is 308. The van der Waals surface area contributed by atoms with Crippen molar-refractivity contribution in [2.45, 2.75) is 20.3 Å². The van der Waals surface area contributed by atoms with Crippen molar-refractivity contribution in [1.29, 1.82) is 0 Å². The van der Waals surface area contributed by atoms with Crippen molar-refractivity contribution >= 4 is 5.91 Å². The summed E-state index contributed by atoms with van der Waals surface area (Å²) in [6.07, 6.45) is 3.59. The lowest BCUT2D eigenvalue weighted by Crippen LogP contribution is -2.21. The number of carbonyl (C=O) groups is 1. The molecule has 1 N–H and O–H groups in total. The van der Waals surface area contributed by atoms with Crippen LogP contribution in [0.4, 0.5) is 0 Å². The number of hydrogen-bond donors (Lipinski definition) is 1. The molecule has 0 saturated carbocycles. The van der Waals surface area contributed by atoms with E-state index in [9.17, 15) is 4.79 Å². The third kappa shape index (κ3) is 5.05. The second-order valence-corrected chi connectivity index (χ2v) is 3.66. The van der Waals surface area contributed by atoms with Crippen LogP contribution in [0.3, 0.4) is 0 Å². The summed E-state index contributed by atoms with van der Waals surface area (Å²) in [6.45, 7) is 7.10. The Morgan fingerprint density at radius 2 is 1.93 bits per heavy atom. The number of amides is 1. The summed E-state index contributed by atoms with van der Waals surface area (Å²) >= 11 is 0. The molecule has 0 atom stereocenters. The zero-order chi connectivity index (χ0) is 12.0. The molecular formula is C12H19NO2. The number of nitrogens with zero attached hydrogens (tertiary/aromatic N) is 1. The van der Waals surface area contributed by atoms with Crippen molar-refractivity contribution in [2.75, 3.05) is 14.1 Å². The lowest BCUT2D eigenvalue weighted by Gasteiger charge is -2.11. The summed E-state index contributed by atoms with van der Waals surface area (Å²) in [6, 6.07) is 0. The molecule has 0 spiro atoms. The van der Waals surface area contributed by atoms with Gasteiger partial charge in [0.2, 0.25) is 5.91 Å². The van der Waals surface area contributed by atoms with Crippen molar-refractivity contribution in [3.8, 4) is 0 Å². The first-order chi connectivity index (χ1) is 6.88. The van der Waals surface area contributed by atoms with Gasteiger partial charge in [-0.3, -0.25) is 4.79 Å². The predicted molar refractivity (Wildman–Crippen MR) is 62.6 cm³/mol. The standard InChI is InChI=1S/C12H19NO2/c1-6-11(8-12(15)13(4)5)9(2)7-10(3)14/h6-7,14H,1,8H2,2-5H3/b10-7+,11-9+. The summed E-state index contributed by atoms with van der Waals surface area (Å²) in [5, 5.41) is 9.11. The van der Waals surface area contributed by atoms with Crippen LogP contribution in [-0.4, -0.2) is 30.0 Å². The van der Waals surface area contributed by atoms with Gasteiger partial charge >= 0.3 is 0 Å². The van der Waals surface area contributed by atoms with Crippen LogP contribution in [0.15, 0.2) is 35.6 Å². The van der Waals surface area contributed by atoms with Gasteiger partial charge in [0.15, 0.2) is 0 Å².